The largest absolute Gasteiger partial charge is 0.454 e. The summed E-state index contributed by atoms with van der Waals surface area (Å²) in [6, 6.07) is 25.2. The molecule has 1 aliphatic rings. The first-order chi connectivity index (χ1) is 14.3. The van der Waals surface area contributed by atoms with Gasteiger partial charge in [-0.25, -0.2) is 0 Å². The van der Waals surface area contributed by atoms with Gasteiger partial charge in [0.25, 0.3) is 0 Å². The summed E-state index contributed by atoms with van der Waals surface area (Å²) in [5.41, 5.74) is 3.46. The van der Waals surface area contributed by atoms with E-state index < -0.39 is 6.10 Å². The molecule has 0 saturated heterocycles. The molecule has 6 heteroatoms. The van der Waals surface area contributed by atoms with Gasteiger partial charge in [0, 0.05) is 29.4 Å². The van der Waals surface area contributed by atoms with Gasteiger partial charge in [0.2, 0.25) is 6.79 Å². The predicted molar refractivity (Wildman–Crippen MR) is 112 cm³/mol. The van der Waals surface area contributed by atoms with Crippen molar-refractivity contribution in [2.75, 3.05) is 25.3 Å². The molecular weight excluding hydrogens is 368 g/mol. The Labute approximate surface area is 169 Å². The van der Waals surface area contributed by atoms with Crippen LogP contribution in [-0.2, 0) is 4.84 Å². The summed E-state index contributed by atoms with van der Waals surface area (Å²) in [5, 5.41) is 17.7. The van der Waals surface area contributed by atoms with Crippen molar-refractivity contribution in [3.05, 3.63) is 90.0 Å². The highest BCUT2D eigenvalue weighted by Gasteiger charge is 2.14. The summed E-state index contributed by atoms with van der Waals surface area (Å²) in [4.78, 5) is 5.48. The Hall–Kier alpha value is -3.51. The highest BCUT2D eigenvalue weighted by molar-refractivity contribution is 6.12. The molecule has 0 aromatic heterocycles. The van der Waals surface area contributed by atoms with E-state index in [1.807, 2.05) is 78.9 Å². The Bertz CT molecular complexity index is 920. The second kappa shape index (κ2) is 9.12. The van der Waals surface area contributed by atoms with E-state index in [1.54, 1.807) is 0 Å². The Morgan fingerprint density at radius 1 is 0.931 bits per heavy atom. The summed E-state index contributed by atoms with van der Waals surface area (Å²) in [6.07, 6.45) is -0.725. The Morgan fingerprint density at radius 2 is 1.59 bits per heavy atom. The summed E-state index contributed by atoms with van der Waals surface area (Å²) in [6.45, 7) is 0.625. The summed E-state index contributed by atoms with van der Waals surface area (Å²) in [5.74, 6) is 1.42. The number of fused-ring (bicyclic) bond motifs is 1. The molecule has 1 atom stereocenters. The van der Waals surface area contributed by atoms with Crippen LogP contribution >= 0.6 is 0 Å². The van der Waals surface area contributed by atoms with Crippen molar-refractivity contribution < 1.29 is 19.4 Å². The van der Waals surface area contributed by atoms with Crippen LogP contribution in [0.15, 0.2) is 84.0 Å². The maximum Gasteiger partial charge on any atom is 0.231 e. The molecule has 1 aliphatic heterocycles. The van der Waals surface area contributed by atoms with Gasteiger partial charge in [0.15, 0.2) is 11.5 Å². The van der Waals surface area contributed by atoms with Crippen molar-refractivity contribution in [3.8, 4) is 11.5 Å². The molecule has 0 fully saturated rings. The van der Waals surface area contributed by atoms with Gasteiger partial charge in [0.05, 0.1) is 0 Å². The number of aliphatic hydroxyl groups is 1. The van der Waals surface area contributed by atoms with Crippen molar-refractivity contribution in [3.63, 3.8) is 0 Å². The lowest BCUT2D eigenvalue weighted by Crippen LogP contribution is -2.24. The fraction of sp³-hybridized carbons (Fsp3) is 0.174. The van der Waals surface area contributed by atoms with E-state index in [2.05, 4.69) is 10.5 Å². The molecule has 0 saturated carbocycles. The lowest BCUT2D eigenvalue weighted by molar-refractivity contribution is 0.0471. The minimum absolute atomic E-state index is 0.0702. The molecule has 2 N–H and O–H groups in total. The minimum atomic E-state index is -0.725. The van der Waals surface area contributed by atoms with Gasteiger partial charge in [-0.1, -0.05) is 65.8 Å². The van der Waals surface area contributed by atoms with Crippen LogP contribution in [-0.4, -0.2) is 36.9 Å². The number of nitrogens with zero attached hydrogens (tertiary/aromatic N) is 1. The molecule has 0 bridgehead atoms. The molecule has 4 rings (SSSR count). The molecule has 6 nitrogen and oxygen atoms in total. The number of hydrogen-bond acceptors (Lipinski definition) is 6. The smallest absolute Gasteiger partial charge is 0.231 e. The maximum absolute atomic E-state index is 10.2. The number of ether oxygens (including phenoxy) is 2. The van der Waals surface area contributed by atoms with E-state index in [9.17, 15) is 5.11 Å². The highest BCUT2D eigenvalue weighted by atomic mass is 16.7. The SMILES string of the molecule is OC(CNc1ccc2c(c1)OCO2)CON=C(c1ccccc1)c1ccccc1. The number of nitrogens with one attached hydrogen (secondary N) is 1. The molecule has 29 heavy (non-hydrogen) atoms. The molecule has 0 amide bonds. The van der Waals surface area contributed by atoms with Gasteiger partial charge in [-0.3, -0.25) is 0 Å². The van der Waals surface area contributed by atoms with Crippen molar-refractivity contribution in [2.45, 2.75) is 6.10 Å². The van der Waals surface area contributed by atoms with Crippen molar-refractivity contribution in [1.82, 2.24) is 0 Å². The summed E-state index contributed by atoms with van der Waals surface area (Å²) < 4.78 is 10.6. The third kappa shape index (κ3) is 4.86. The molecule has 1 unspecified atom stereocenters. The molecule has 0 radical (unpaired) electrons. The van der Waals surface area contributed by atoms with Crippen LogP contribution in [0.1, 0.15) is 11.1 Å². The van der Waals surface area contributed by atoms with Gasteiger partial charge in [-0.05, 0) is 12.1 Å². The fourth-order valence-electron chi connectivity index (χ4n) is 2.95. The van der Waals surface area contributed by atoms with Gasteiger partial charge >= 0.3 is 0 Å². The van der Waals surface area contributed by atoms with E-state index in [0.29, 0.717) is 12.3 Å². The van der Waals surface area contributed by atoms with E-state index in [4.69, 9.17) is 14.3 Å². The van der Waals surface area contributed by atoms with E-state index in [0.717, 1.165) is 28.3 Å². The van der Waals surface area contributed by atoms with Crippen molar-refractivity contribution in [2.24, 2.45) is 5.16 Å². The summed E-state index contributed by atoms with van der Waals surface area (Å²) >= 11 is 0. The van der Waals surface area contributed by atoms with Gasteiger partial charge in [-0.15, -0.1) is 0 Å². The van der Waals surface area contributed by atoms with E-state index in [-0.39, 0.29) is 13.4 Å². The van der Waals surface area contributed by atoms with Gasteiger partial charge in [-0.2, -0.15) is 0 Å². The minimum Gasteiger partial charge on any atom is -0.454 e. The molecule has 0 spiro atoms. The normalized spacial score (nSPS) is 12.9. The molecule has 1 heterocycles. The second-order valence-electron chi connectivity index (χ2n) is 6.57. The van der Waals surface area contributed by atoms with Crippen LogP contribution in [0.2, 0.25) is 0 Å². The van der Waals surface area contributed by atoms with Crippen LogP contribution in [0.3, 0.4) is 0 Å². The fourth-order valence-corrected chi connectivity index (χ4v) is 2.95. The molecular formula is C23H22N2O4. The zero-order chi connectivity index (χ0) is 19.9. The zero-order valence-electron chi connectivity index (χ0n) is 15.8. The Balaban J connectivity index is 1.35. The third-order valence-electron chi connectivity index (χ3n) is 4.43. The van der Waals surface area contributed by atoms with Gasteiger partial charge < -0.3 is 24.7 Å². The molecule has 3 aromatic carbocycles. The predicted octanol–water partition coefficient (Wildman–Crippen LogP) is 3.66. The van der Waals surface area contributed by atoms with Gasteiger partial charge in [0.1, 0.15) is 18.4 Å². The lowest BCUT2D eigenvalue weighted by Gasteiger charge is -2.13. The van der Waals surface area contributed by atoms with E-state index >= 15 is 0 Å². The number of oxime groups is 1. The molecule has 0 aliphatic carbocycles. The number of hydrogen-bond donors (Lipinski definition) is 2. The van der Waals surface area contributed by atoms with E-state index in [1.165, 1.54) is 0 Å². The monoisotopic (exact) mass is 390 g/mol. The third-order valence-corrected chi connectivity index (χ3v) is 4.43. The Kier molecular flexibility index (Phi) is 5.92. The average Bonchev–Trinajstić information content (AvgIpc) is 3.24. The lowest BCUT2D eigenvalue weighted by atomic mass is 10.0. The quantitative estimate of drug-likeness (QED) is 0.454. The second-order valence-corrected chi connectivity index (χ2v) is 6.57. The molecule has 3 aromatic rings. The highest BCUT2D eigenvalue weighted by Crippen LogP contribution is 2.34. The average molecular weight is 390 g/mol. The van der Waals surface area contributed by atoms with Crippen molar-refractivity contribution in [1.29, 1.82) is 0 Å². The maximum atomic E-state index is 10.2. The zero-order valence-corrected chi connectivity index (χ0v) is 15.8. The van der Waals surface area contributed by atoms with Crippen LogP contribution in [0.25, 0.3) is 0 Å². The first-order valence-corrected chi connectivity index (χ1v) is 9.42. The van der Waals surface area contributed by atoms with Crippen molar-refractivity contribution >= 4 is 11.4 Å². The van der Waals surface area contributed by atoms with Crippen LogP contribution in [0.4, 0.5) is 5.69 Å². The standard InChI is InChI=1S/C23H22N2O4/c26-20(14-24-19-11-12-21-22(13-19)28-16-27-21)15-29-25-23(17-7-3-1-4-8-17)18-9-5-2-6-10-18/h1-13,20,24,26H,14-16H2. The number of rotatable bonds is 8. The topological polar surface area (TPSA) is 72.3 Å². The number of benzene rings is 3. The first kappa shape index (κ1) is 18.8. The Morgan fingerprint density at radius 3 is 2.28 bits per heavy atom. The number of anilines is 1. The number of aliphatic hydroxyl groups excluding tert-OH is 1. The van der Waals surface area contributed by atoms with Crippen LogP contribution < -0.4 is 14.8 Å². The van der Waals surface area contributed by atoms with Crippen LogP contribution in [0, 0.1) is 0 Å². The summed E-state index contributed by atoms with van der Waals surface area (Å²) in [7, 11) is 0. The van der Waals surface area contributed by atoms with Crippen LogP contribution in [0.5, 0.6) is 11.5 Å². The molecule has 148 valence electrons. The first-order valence-electron chi connectivity index (χ1n) is 9.42.